The van der Waals surface area contributed by atoms with Gasteiger partial charge in [0.25, 0.3) is 0 Å². The van der Waals surface area contributed by atoms with Crippen molar-refractivity contribution in [3.8, 4) is 5.69 Å². The van der Waals surface area contributed by atoms with Crippen molar-refractivity contribution in [1.29, 1.82) is 0 Å². The maximum Gasteiger partial charge on any atom is 0.340 e. The first-order chi connectivity index (χ1) is 8.52. The lowest BCUT2D eigenvalue weighted by atomic mass is 10.1. The summed E-state index contributed by atoms with van der Waals surface area (Å²) in [4.78, 5) is 11.1. The maximum atomic E-state index is 11.1. The van der Waals surface area contributed by atoms with Gasteiger partial charge >= 0.3 is 5.97 Å². The molecule has 94 valence electrons. The van der Waals surface area contributed by atoms with Gasteiger partial charge in [-0.2, -0.15) is 5.10 Å². The van der Waals surface area contributed by atoms with Crippen molar-refractivity contribution >= 4 is 17.7 Å². The molecule has 0 saturated carbocycles. The zero-order chi connectivity index (χ0) is 13.3. The molecule has 0 amide bonds. The van der Waals surface area contributed by atoms with Crippen LogP contribution in [0, 0.1) is 13.8 Å². The summed E-state index contributed by atoms with van der Waals surface area (Å²) in [5, 5.41) is 13.9. The van der Waals surface area contributed by atoms with E-state index in [1.165, 1.54) is 18.0 Å². The third-order valence-electron chi connectivity index (χ3n) is 2.60. The van der Waals surface area contributed by atoms with Crippen molar-refractivity contribution < 1.29 is 9.90 Å². The molecule has 18 heavy (non-hydrogen) atoms. The molecule has 0 saturated heterocycles. The number of carboxylic acids is 1. The molecule has 0 bridgehead atoms. The van der Waals surface area contributed by atoms with Crippen LogP contribution in [0.2, 0.25) is 0 Å². The second-order valence-electron chi connectivity index (χ2n) is 4.13. The van der Waals surface area contributed by atoms with E-state index in [2.05, 4.69) is 11.2 Å². The summed E-state index contributed by atoms with van der Waals surface area (Å²) in [5.74, 6) is -0.949. The average molecular weight is 262 g/mol. The molecule has 1 aromatic heterocycles. The quantitative estimate of drug-likeness (QED) is 0.864. The molecule has 1 heterocycles. The van der Waals surface area contributed by atoms with E-state index in [1.807, 2.05) is 32.2 Å². The number of hydrogen-bond donors (Lipinski definition) is 1. The van der Waals surface area contributed by atoms with Gasteiger partial charge in [-0.05, 0) is 43.4 Å². The summed E-state index contributed by atoms with van der Waals surface area (Å²) in [6, 6.07) is 6.06. The van der Waals surface area contributed by atoms with E-state index in [0.717, 1.165) is 16.8 Å². The van der Waals surface area contributed by atoms with Crippen LogP contribution in [0.5, 0.6) is 0 Å². The molecule has 0 fully saturated rings. The third kappa shape index (κ3) is 2.26. The molecule has 2 rings (SSSR count). The Morgan fingerprint density at radius 3 is 2.39 bits per heavy atom. The smallest absolute Gasteiger partial charge is 0.340 e. The Labute approximate surface area is 110 Å². The Balaban J connectivity index is 2.60. The minimum atomic E-state index is -0.949. The molecule has 1 N–H and O–H groups in total. The number of carbonyl (C=O) groups is 1. The lowest BCUT2D eigenvalue weighted by Gasteiger charge is -2.08. The number of hydrogen-bond acceptors (Lipinski definition) is 3. The number of benzene rings is 1. The second-order valence-corrected chi connectivity index (χ2v) is 4.93. The van der Waals surface area contributed by atoms with Crippen molar-refractivity contribution in [3.63, 3.8) is 0 Å². The van der Waals surface area contributed by atoms with Crippen molar-refractivity contribution in [3.05, 3.63) is 41.1 Å². The Morgan fingerprint density at radius 2 is 1.89 bits per heavy atom. The Hall–Kier alpha value is -1.75. The van der Waals surface area contributed by atoms with Crippen LogP contribution in [-0.2, 0) is 0 Å². The molecule has 0 aliphatic rings. The predicted molar refractivity (Wildman–Crippen MR) is 71.8 cm³/mol. The zero-order valence-electron chi connectivity index (χ0n) is 10.5. The highest BCUT2D eigenvalue weighted by Crippen LogP contribution is 2.24. The fourth-order valence-electron chi connectivity index (χ4n) is 1.94. The Bertz CT molecular complexity index is 585. The molecule has 0 atom stereocenters. The molecule has 0 radical (unpaired) electrons. The summed E-state index contributed by atoms with van der Waals surface area (Å²) in [5.41, 5.74) is 3.39. The van der Waals surface area contributed by atoms with Gasteiger partial charge in [0.15, 0.2) is 0 Å². The van der Waals surface area contributed by atoms with Crippen LogP contribution in [0.4, 0.5) is 0 Å². The molecule has 5 heteroatoms. The van der Waals surface area contributed by atoms with E-state index < -0.39 is 5.97 Å². The number of nitrogens with zero attached hydrogens (tertiary/aromatic N) is 2. The fourth-order valence-corrected chi connectivity index (χ4v) is 2.62. The first-order valence-electron chi connectivity index (χ1n) is 5.47. The molecule has 1 aromatic carbocycles. The van der Waals surface area contributed by atoms with Crippen LogP contribution in [0.1, 0.15) is 21.5 Å². The third-order valence-corrected chi connectivity index (χ3v) is 3.38. The van der Waals surface area contributed by atoms with E-state index in [0.29, 0.717) is 5.03 Å². The highest BCUT2D eigenvalue weighted by Gasteiger charge is 2.17. The van der Waals surface area contributed by atoms with Crippen molar-refractivity contribution in [2.45, 2.75) is 18.9 Å². The molecular formula is C13H14N2O2S. The van der Waals surface area contributed by atoms with E-state index in [1.54, 1.807) is 4.68 Å². The second kappa shape index (κ2) is 4.86. The number of aromatic carboxylic acids is 1. The Morgan fingerprint density at radius 1 is 1.28 bits per heavy atom. The Kier molecular flexibility index (Phi) is 3.43. The van der Waals surface area contributed by atoms with Gasteiger partial charge in [0.2, 0.25) is 0 Å². The van der Waals surface area contributed by atoms with Gasteiger partial charge in [-0.15, -0.1) is 11.8 Å². The van der Waals surface area contributed by atoms with Crippen LogP contribution in [-0.4, -0.2) is 27.1 Å². The van der Waals surface area contributed by atoms with Crippen molar-refractivity contribution in [2.24, 2.45) is 0 Å². The number of thioether (sulfide) groups is 1. The topological polar surface area (TPSA) is 55.1 Å². The summed E-state index contributed by atoms with van der Waals surface area (Å²) in [6.07, 6.45) is 3.24. The summed E-state index contributed by atoms with van der Waals surface area (Å²) in [6.45, 7) is 4.02. The van der Waals surface area contributed by atoms with Gasteiger partial charge in [-0.25, -0.2) is 9.48 Å². The maximum absolute atomic E-state index is 11.1. The molecule has 0 aliphatic heterocycles. The first-order valence-corrected chi connectivity index (χ1v) is 6.69. The number of rotatable bonds is 3. The van der Waals surface area contributed by atoms with Gasteiger partial charge < -0.3 is 5.11 Å². The monoisotopic (exact) mass is 262 g/mol. The SMILES string of the molecule is CSc1c(C(=O)O)cnn1-c1cc(C)cc(C)c1. The van der Waals surface area contributed by atoms with Crippen LogP contribution >= 0.6 is 11.8 Å². The molecule has 0 spiro atoms. The normalized spacial score (nSPS) is 10.6. The molecular weight excluding hydrogens is 248 g/mol. The van der Waals surface area contributed by atoms with Crippen LogP contribution in [0.3, 0.4) is 0 Å². The standard InChI is InChI=1S/C13H14N2O2S/c1-8-4-9(2)6-10(5-8)15-12(18-3)11(7-14-15)13(16)17/h4-7H,1-3H3,(H,16,17). The molecule has 0 aliphatic carbocycles. The van der Waals surface area contributed by atoms with E-state index in [-0.39, 0.29) is 5.56 Å². The molecule has 0 unspecified atom stereocenters. The van der Waals surface area contributed by atoms with Crippen molar-refractivity contribution in [1.82, 2.24) is 9.78 Å². The first kappa shape index (κ1) is 12.7. The number of carboxylic acid groups (broad SMARTS) is 1. The minimum Gasteiger partial charge on any atom is -0.478 e. The van der Waals surface area contributed by atoms with Crippen LogP contribution < -0.4 is 0 Å². The average Bonchev–Trinajstić information content (AvgIpc) is 2.70. The van der Waals surface area contributed by atoms with Crippen LogP contribution in [0.15, 0.2) is 29.4 Å². The van der Waals surface area contributed by atoms with Gasteiger partial charge in [-0.1, -0.05) is 6.07 Å². The van der Waals surface area contributed by atoms with Gasteiger partial charge in [-0.3, -0.25) is 0 Å². The fraction of sp³-hybridized carbons (Fsp3) is 0.231. The van der Waals surface area contributed by atoms with Crippen LogP contribution in [0.25, 0.3) is 5.69 Å². The highest BCUT2D eigenvalue weighted by molar-refractivity contribution is 7.98. The lowest BCUT2D eigenvalue weighted by molar-refractivity contribution is 0.0693. The summed E-state index contributed by atoms with van der Waals surface area (Å²) < 4.78 is 1.67. The summed E-state index contributed by atoms with van der Waals surface area (Å²) >= 11 is 1.38. The van der Waals surface area contributed by atoms with Crippen molar-refractivity contribution in [2.75, 3.05) is 6.26 Å². The zero-order valence-corrected chi connectivity index (χ0v) is 11.3. The molecule has 2 aromatic rings. The highest BCUT2D eigenvalue weighted by atomic mass is 32.2. The van der Waals surface area contributed by atoms with Gasteiger partial charge in [0.1, 0.15) is 10.6 Å². The van der Waals surface area contributed by atoms with Gasteiger partial charge in [0.05, 0.1) is 11.9 Å². The number of aryl methyl sites for hydroxylation is 2. The summed E-state index contributed by atoms with van der Waals surface area (Å²) in [7, 11) is 0. The molecule has 4 nitrogen and oxygen atoms in total. The van der Waals surface area contributed by atoms with Gasteiger partial charge in [0, 0.05) is 0 Å². The van der Waals surface area contributed by atoms with E-state index in [9.17, 15) is 4.79 Å². The number of aromatic nitrogens is 2. The minimum absolute atomic E-state index is 0.238. The van der Waals surface area contributed by atoms with E-state index in [4.69, 9.17) is 5.11 Å². The lowest BCUT2D eigenvalue weighted by Crippen LogP contribution is -2.02. The predicted octanol–water partition coefficient (Wildman–Crippen LogP) is 2.91. The van der Waals surface area contributed by atoms with E-state index >= 15 is 0 Å². The largest absolute Gasteiger partial charge is 0.478 e.